The van der Waals surface area contributed by atoms with E-state index in [4.69, 9.17) is 11.1 Å². The third-order valence-corrected chi connectivity index (χ3v) is 3.09. The molecule has 2 heterocycles. The van der Waals surface area contributed by atoms with E-state index in [2.05, 4.69) is 9.97 Å². The van der Waals surface area contributed by atoms with Crippen molar-refractivity contribution in [2.24, 2.45) is 5.73 Å². The number of nitrogens with two attached hydrogens (primary N) is 1. The molecule has 0 saturated carbocycles. The van der Waals surface area contributed by atoms with Gasteiger partial charge in [0.1, 0.15) is 17.3 Å². The Balaban J connectivity index is 0.00000147. The minimum atomic E-state index is -0.237. The Bertz CT molecular complexity index is 661. The Morgan fingerprint density at radius 2 is 2.00 bits per heavy atom. The van der Waals surface area contributed by atoms with Gasteiger partial charge in [-0.3, -0.25) is 5.41 Å². The van der Waals surface area contributed by atoms with Crippen molar-refractivity contribution in [3.05, 3.63) is 53.1 Å². The number of hydrogen-bond acceptors (Lipinski definition) is 4. The molecule has 0 aliphatic carbocycles. The summed E-state index contributed by atoms with van der Waals surface area (Å²) in [4.78, 5) is 10.3. The zero-order chi connectivity index (χ0) is 13.4. The average molecular weight is 294 g/mol. The molecule has 0 radical (unpaired) electrons. The van der Waals surface area contributed by atoms with Gasteiger partial charge >= 0.3 is 0 Å². The van der Waals surface area contributed by atoms with Gasteiger partial charge in [0.25, 0.3) is 0 Å². The van der Waals surface area contributed by atoms with Crippen LogP contribution in [0.1, 0.15) is 16.8 Å². The predicted octanol–water partition coefficient (Wildman–Crippen LogP) is 1.84. The van der Waals surface area contributed by atoms with Crippen LogP contribution in [0.25, 0.3) is 0 Å². The van der Waals surface area contributed by atoms with E-state index < -0.39 is 0 Å². The number of fused-ring (bicyclic) bond motifs is 1. The van der Waals surface area contributed by atoms with E-state index in [1.807, 2.05) is 4.90 Å². The van der Waals surface area contributed by atoms with Crippen LogP contribution in [0, 0.1) is 11.2 Å². The van der Waals surface area contributed by atoms with Gasteiger partial charge in [-0.05, 0) is 29.3 Å². The number of halogens is 2. The zero-order valence-electron chi connectivity index (χ0n) is 10.5. The standard InChI is InChI=1S/C13H12FN5.ClH/c14-10-2-1-8-6-19(7-9(8)5-10)13-17-4-3-11(18-13)12(15)16;/h1-5H,6-7H2,(H3,15,16);1H. The highest BCUT2D eigenvalue weighted by molar-refractivity contribution is 5.93. The molecule has 1 aromatic carbocycles. The number of nitrogens with one attached hydrogen (secondary N) is 1. The molecule has 7 heteroatoms. The Morgan fingerprint density at radius 1 is 1.25 bits per heavy atom. The summed E-state index contributed by atoms with van der Waals surface area (Å²) in [7, 11) is 0. The molecule has 0 fully saturated rings. The molecule has 3 N–H and O–H groups in total. The lowest BCUT2D eigenvalue weighted by atomic mass is 10.1. The molecule has 104 valence electrons. The fourth-order valence-corrected chi connectivity index (χ4v) is 2.16. The van der Waals surface area contributed by atoms with Crippen LogP contribution in [0.3, 0.4) is 0 Å². The molecule has 3 rings (SSSR count). The Kier molecular flexibility index (Phi) is 3.85. The maximum atomic E-state index is 13.2. The van der Waals surface area contributed by atoms with Gasteiger partial charge in [-0.1, -0.05) is 6.07 Å². The highest BCUT2D eigenvalue weighted by Gasteiger charge is 2.21. The first kappa shape index (κ1) is 14.2. The van der Waals surface area contributed by atoms with Gasteiger partial charge in [-0.2, -0.15) is 0 Å². The van der Waals surface area contributed by atoms with Gasteiger partial charge in [0.15, 0.2) is 0 Å². The molecule has 2 aromatic rings. The lowest BCUT2D eigenvalue weighted by Gasteiger charge is -2.15. The number of nitrogens with zero attached hydrogens (tertiary/aromatic N) is 3. The number of aromatic nitrogens is 2. The smallest absolute Gasteiger partial charge is 0.226 e. The maximum Gasteiger partial charge on any atom is 0.226 e. The largest absolute Gasteiger partial charge is 0.382 e. The van der Waals surface area contributed by atoms with E-state index in [0.717, 1.165) is 11.1 Å². The summed E-state index contributed by atoms with van der Waals surface area (Å²) >= 11 is 0. The number of hydrogen-bond donors (Lipinski definition) is 2. The number of benzene rings is 1. The molecule has 0 atom stereocenters. The Hall–Kier alpha value is -2.21. The van der Waals surface area contributed by atoms with Gasteiger partial charge in [-0.15, -0.1) is 12.4 Å². The molecule has 0 bridgehead atoms. The molecule has 5 nitrogen and oxygen atoms in total. The lowest BCUT2D eigenvalue weighted by molar-refractivity contribution is 0.626. The van der Waals surface area contributed by atoms with Crippen molar-refractivity contribution < 1.29 is 4.39 Å². The summed E-state index contributed by atoms with van der Waals surface area (Å²) < 4.78 is 13.2. The fourth-order valence-electron chi connectivity index (χ4n) is 2.16. The molecule has 1 aromatic heterocycles. The summed E-state index contributed by atoms with van der Waals surface area (Å²) in [5.41, 5.74) is 7.82. The molecule has 0 unspecified atom stereocenters. The molecule has 1 aliphatic heterocycles. The quantitative estimate of drug-likeness (QED) is 0.654. The molecule has 0 spiro atoms. The van der Waals surface area contributed by atoms with Crippen LogP contribution in [0.5, 0.6) is 0 Å². The van der Waals surface area contributed by atoms with Gasteiger partial charge in [0, 0.05) is 19.3 Å². The lowest BCUT2D eigenvalue weighted by Crippen LogP contribution is -2.20. The van der Waals surface area contributed by atoms with Crippen LogP contribution in [0.15, 0.2) is 30.5 Å². The summed E-state index contributed by atoms with van der Waals surface area (Å²) in [5, 5.41) is 7.38. The normalized spacial score (nSPS) is 12.8. The zero-order valence-corrected chi connectivity index (χ0v) is 11.3. The second-order valence-electron chi connectivity index (χ2n) is 4.42. The molecule has 1 aliphatic rings. The first-order chi connectivity index (χ1) is 9.13. The van der Waals surface area contributed by atoms with Gasteiger partial charge in [0.05, 0.1) is 0 Å². The first-order valence-corrected chi connectivity index (χ1v) is 5.83. The highest BCUT2D eigenvalue weighted by Crippen LogP contribution is 2.26. The minimum absolute atomic E-state index is 0. The number of nitrogen functional groups attached to an aromatic ring is 1. The maximum absolute atomic E-state index is 13.2. The van der Waals surface area contributed by atoms with Crippen molar-refractivity contribution in [3.63, 3.8) is 0 Å². The molecular weight excluding hydrogens is 281 g/mol. The van der Waals surface area contributed by atoms with Crippen LogP contribution in [0.2, 0.25) is 0 Å². The molecule has 0 saturated heterocycles. The van der Waals surface area contributed by atoms with Crippen molar-refractivity contribution in [3.8, 4) is 0 Å². The van der Waals surface area contributed by atoms with Crippen molar-refractivity contribution in [2.45, 2.75) is 13.1 Å². The second-order valence-corrected chi connectivity index (χ2v) is 4.42. The van der Waals surface area contributed by atoms with Crippen LogP contribution in [-0.2, 0) is 13.1 Å². The van der Waals surface area contributed by atoms with E-state index in [9.17, 15) is 4.39 Å². The Labute approximate surface area is 121 Å². The molecular formula is C13H13ClFN5. The minimum Gasteiger partial charge on any atom is -0.382 e. The highest BCUT2D eigenvalue weighted by atomic mass is 35.5. The third-order valence-electron chi connectivity index (χ3n) is 3.09. The Morgan fingerprint density at radius 3 is 2.75 bits per heavy atom. The number of anilines is 1. The summed E-state index contributed by atoms with van der Waals surface area (Å²) in [6.45, 7) is 1.20. The predicted molar refractivity (Wildman–Crippen MR) is 76.6 cm³/mol. The van der Waals surface area contributed by atoms with Crippen molar-refractivity contribution in [1.29, 1.82) is 5.41 Å². The molecule has 0 amide bonds. The number of rotatable bonds is 2. The van der Waals surface area contributed by atoms with Gasteiger partial charge in [-0.25, -0.2) is 14.4 Å². The van der Waals surface area contributed by atoms with Gasteiger partial charge in [0.2, 0.25) is 5.95 Å². The fraction of sp³-hybridized carbons (Fsp3) is 0.154. The van der Waals surface area contributed by atoms with Crippen molar-refractivity contribution in [2.75, 3.05) is 4.90 Å². The van der Waals surface area contributed by atoms with Gasteiger partial charge < -0.3 is 10.6 Å². The topological polar surface area (TPSA) is 78.9 Å². The van der Waals surface area contributed by atoms with Crippen molar-refractivity contribution >= 4 is 24.2 Å². The average Bonchev–Trinajstić information content (AvgIpc) is 2.81. The summed E-state index contributed by atoms with van der Waals surface area (Å²) in [5.74, 6) is 0.176. The summed E-state index contributed by atoms with van der Waals surface area (Å²) in [6.07, 6.45) is 1.57. The van der Waals surface area contributed by atoms with Crippen LogP contribution in [-0.4, -0.2) is 15.8 Å². The first-order valence-electron chi connectivity index (χ1n) is 5.83. The van der Waals surface area contributed by atoms with E-state index in [1.54, 1.807) is 18.3 Å². The van der Waals surface area contributed by atoms with Crippen LogP contribution >= 0.6 is 12.4 Å². The SMILES string of the molecule is Cl.N=C(N)c1ccnc(N2Cc3ccc(F)cc3C2)n1. The number of amidine groups is 1. The monoisotopic (exact) mass is 293 g/mol. The second kappa shape index (κ2) is 5.42. The summed E-state index contributed by atoms with van der Waals surface area (Å²) in [6, 6.07) is 6.35. The third kappa shape index (κ3) is 2.55. The van der Waals surface area contributed by atoms with Crippen LogP contribution in [0.4, 0.5) is 10.3 Å². The van der Waals surface area contributed by atoms with E-state index in [1.165, 1.54) is 12.1 Å². The van der Waals surface area contributed by atoms with E-state index in [0.29, 0.717) is 24.7 Å². The van der Waals surface area contributed by atoms with Crippen molar-refractivity contribution in [1.82, 2.24) is 9.97 Å². The molecule has 20 heavy (non-hydrogen) atoms. The van der Waals surface area contributed by atoms with E-state index >= 15 is 0 Å². The van der Waals surface area contributed by atoms with Crippen LogP contribution < -0.4 is 10.6 Å². The van der Waals surface area contributed by atoms with E-state index in [-0.39, 0.29) is 24.1 Å².